The van der Waals surface area contributed by atoms with Crippen LogP contribution in [0.1, 0.15) is 16.7 Å². The van der Waals surface area contributed by atoms with Gasteiger partial charge in [-0.3, -0.25) is 14.9 Å². The fourth-order valence-corrected chi connectivity index (χ4v) is 1.85. The lowest BCUT2D eigenvalue weighted by Gasteiger charge is -2.10. The Morgan fingerprint density at radius 2 is 2.00 bits per heavy atom. The summed E-state index contributed by atoms with van der Waals surface area (Å²) < 4.78 is 4.50. The molecule has 18 heavy (non-hydrogen) atoms. The predicted molar refractivity (Wildman–Crippen MR) is 67.9 cm³/mol. The number of nitro groups is 1. The molecule has 0 saturated heterocycles. The number of aryl methyl sites for hydroxylation is 2. The van der Waals surface area contributed by atoms with E-state index >= 15 is 0 Å². The third-order valence-electron chi connectivity index (χ3n) is 2.75. The van der Waals surface area contributed by atoms with Crippen LogP contribution in [0, 0.1) is 24.0 Å². The Balaban J connectivity index is 3.11. The van der Waals surface area contributed by atoms with Crippen LogP contribution in [0.25, 0.3) is 0 Å². The summed E-state index contributed by atoms with van der Waals surface area (Å²) in [6.07, 6.45) is 0.0751. The number of nitrogens with zero attached hydrogens (tertiary/aromatic N) is 1. The van der Waals surface area contributed by atoms with Crippen molar-refractivity contribution in [2.45, 2.75) is 25.6 Å². The van der Waals surface area contributed by atoms with E-state index in [1.54, 1.807) is 13.0 Å². The van der Waals surface area contributed by atoms with Crippen LogP contribution in [-0.2, 0) is 16.0 Å². The molecule has 0 fully saturated rings. The summed E-state index contributed by atoms with van der Waals surface area (Å²) >= 11 is 5.84. The fraction of sp³-hybridized carbons (Fsp3) is 0.417. The lowest BCUT2D eigenvalue weighted by atomic mass is 10.0. The first kappa shape index (κ1) is 14.4. The van der Waals surface area contributed by atoms with Gasteiger partial charge in [0.1, 0.15) is 5.38 Å². The van der Waals surface area contributed by atoms with Crippen LogP contribution in [0.3, 0.4) is 0 Å². The number of ether oxygens (including phenoxy) is 1. The van der Waals surface area contributed by atoms with Crippen molar-refractivity contribution in [3.8, 4) is 0 Å². The second-order valence-corrected chi connectivity index (χ2v) is 4.54. The van der Waals surface area contributed by atoms with Crippen molar-refractivity contribution >= 4 is 23.3 Å². The first-order chi connectivity index (χ1) is 8.36. The molecule has 1 aromatic carbocycles. The molecule has 1 unspecified atom stereocenters. The number of carbonyl (C=O) groups is 1. The molecule has 1 atom stereocenters. The number of esters is 1. The molecule has 0 aliphatic heterocycles. The van der Waals surface area contributed by atoms with Gasteiger partial charge in [-0.2, -0.15) is 0 Å². The molecule has 0 heterocycles. The van der Waals surface area contributed by atoms with Gasteiger partial charge in [0.15, 0.2) is 0 Å². The molecule has 0 spiro atoms. The molecule has 0 aliphatic rings. The molecule has 1 rings (SSSR count). The van der Waals surface area contributed by atoms with E-state index in [9.17, 15) is 14.9 Å². The third kappa shape index (κ3) is 3.20. The maximum absolute atomic E-state index is 11.2. The van der Waals surface area contributed by atoms with Crippen molar-refractivity contribution in [1.82, 2.24) is 0 Å². The van der Waals surface area contributed by atoms with Crippen LogP contribution in [0.15, 0.2) is 12.1 Å². The molecule has 0 bridgehead atoms. The van der Waals surface area contributed by atoms with E-state index in [1.165, 1.54) is 13.2 Å². The molecular weight excluding hydrogens is 258 g/mol. The Bertz CT molecular complexity index is 487. The van der Waals surface area contributed by atoms with E-state index in [0.717, 1.165) is 11.1 Å². The van der Waals surface area contributed by atoms with Gasteiger partial charge >= 0.3 is 5.97 Å². The molecule has 0 amide bonds. The summed E-state index contributed by atoms with van der Waals surface area (Å²) in [5.74, 6) is -0.593. The van der Waals surface area contributed by atoms with Crippen LogP contribution < -0.4 is 0 Å². The van der Waals surface area contributed by atoms with Gasteiger partial charge in [0.05, 0.1) is 12.0 Å². The van der Waals surface area contributed by atoms with Crippen LogP contribution in [0.5, 0.6) is 0 Å². The second-order valence-electron chi connectivity index (χ2n) is 4.02. The number of benzene rings is 1. The summed E-state index contributed by atoms with van der Waals surface area (Å²) in [5, 5.41) is 10.0. The van der Waals surface area contributed by atoms with Gasteiger partial charge in [0.2, 0.25) is 0 Å². The monoisotopic (exact) mass is 271 g/mol. The highest BCUT2D eigenvalue weighted by atomic mass is 35.5. The Morgan fingerprint density at radius 1 is 1.44 bits per heavy atom. The fourth-order valence-electron chi connectivity index (χ4n) is 1.60. The summed E-state index contributed by atoms with van der Waals surface area (Å²) in [5.41, 5.74) is 2.17. The second kappa shape index (κ2) is 5.82. The maximum atomic E-state index is 11.2. The molecule has 1 aromatic rings. The van der Waals surface area contributed by atoms with Gasteiger partial charge in [-0.25, -0.2) is 0 Å². The van der Waals surface area contributed by atoms with Gasteiger partial charge in [-0.05, 0) is 31.0 Å². The Labute approximate surface area is 110 Å². The zero-order valence-electron chi connectivity index (χ0n) is 10.4. The maximum Gasteiger partial charge on any atom is 0.324 e. The Morgan fingerprint density at radius 3 is 2.50 bits per heavy atom. The lowest BCUT2D eigenvalue weighted by Crippen LogP contribution is -2.19. The third-order valence-corrected chi connectivity index (χ3v) is 3.08. The number of nitro benzene ring substituents is 1. The number of rotatable bonds is 4. The molecule has 0 radical (unpaired) electrons. The van der Waals surface area contributed by atoms with Crippen LogP contribution in [-0.4, -0.2) is 23.4 Å². The zero-order valence-corrected chi connectivity index (χ0v) is 11.2. The van der Waals surface area contributed by atoms with Gasteiger partial charge in [0, 0.05) is 18.1 Å². The lowest BCUT2D eigenvalue weighted by molar-refractivity contribution is -0.385. The first-order valence-corrected chi connectivity index (χ1v) is 5.77. The summed E-state index contributed by atoms with van der Waals surface area (Å²) in [6.45, 7) is 3.65. The first-order valence-electron chi connectivity index (χ1n) is 5.33. The minimum Gasteiger partial charge on any atom is -0.468 e. The zero-order chi connectivity index (χ0) is 13.9. The minimum atomic E-state index is -0.921. The van der Waals surface area contributed by atoms with E-state index in [2.05, 4.69) is 4.74 Å². The molecule has 0 saturated carbocycles. The summed E-state index contributed by atoms with van der Waals surface area (Å²) in [4.78, 5) is 21.7. The van der Waals surface area contributed by atoms with Crippen molar-refractivity contribution in [2.75, 3.05) is 7.11 Å². The molecular formula is C12H14ClNO4. The van der Waals surface area contributed by atoms with Gasteiger partial charge in [-0.1, -0.05) is 0 Å². The molecule has 6 heteroatoms. The van der Waals surface area contributed by atoms with E-state index in [1.807, 2.05) is 6.92 Å². The van der Waals surface area contributed by atoms with Crippen molar-refractivity contribution < 1.29 is 14.5 Å². The smallest absolute Gasteiger partial charge is 0.324 e. The molecule has 98 valence electrons. The standard InChI is InChI=1S/C12H14ClNO4/c1-7-4-9(6-10(13)12(15)18-3)11(14(16)17)5-8(7)2/h4-5,10H,6H2,1-3H3. The van der Waals surface area contributed by atoms with Crippen molar-refractivity contribution in [3.63, 3.8) is 0 Å². The van der Waals surface area contributed by atoms with E-state index in [-0.39, 0.29) is 12.1 Å². The Hall–Kier alpha value is -1.62. The molecule has 0 aliphatic carbocycles. The average Bonchev–Trinajstić information content (AvgIpc) is 2.31. The number of carbonyl (C=O) groups excluding carboxylic acids is 1. The predicted octanol–water partition coefficient (Wildman–Crippen LogP) is 2.53. The van der Waals surface area contributed by atoms with E-state index in [0.29, 0.717) is 5.56 Å². The van der Waals surface area contributed by atoms with Crippen molar-refractivity contribution in [1.29, 1.82) is 0 Å². The molecule has 0 N–H and O–H groups in total. The van der Waals surface area contributed by atoms with Crippen molar-refractivity contribution in [2.24, 2.45) is 0 Å². The van der Waals surface area contributed by atoms with Crippen LogP contribution >= 0.6 is 11.6 Å². The number of alkyl halides is 1. The summed E-state index contributed by atoms with van der Waals surface area (Å²) in [6, 6.07) is 3.18. The average molecular weight is 272 g/mol. The van der Waals surface area contributed by atoms with Gasteiger partial charge in [-0.15, -0.1) is 11.6 Å². The summed E-state index contributed by atoms with van der Waals surface area (Å²) in [7, 11) is 1.23. The van der Waals surface area contributed by atoms with E-state index in [4.69, 9.17) is 11.6 Å². The number of hydrogen-bond acceptors (Lipinski definition) is 4. The topological polar surface area (TPSA) is 69.4 Å². The molecule has 5 nitrogen and oxygen atoms in total. The van der Waals surface area contributed by atoms with Crippen LogP contribution in [0.2, 0.25) is 0 Å². The number of hydrogen-bond donors (Lipinski definition) is 0. The largest absolute Gasteiger partial charge is 0.468 e. The van der Waals surface area contributed by atoms with Crippen LogP contribution in [0.4, 0.5) is 5.69 Å². The molecule has 0 aromatic heterocycles. The SMILES string of the molecule is COC(=O)C(Cl)Cc1cc(C)c(C)cc1[N+](=O)[O-]. The van der Waals surface area contributed by atoms with Gasteiger partial charge < -0.3 is 4.74 Å². The van der Waals surface area contributed by atoms with Crippen molar-refractivity contribution in [3.05, 3.63) is 38.9 Å². The highest BCUT2D eigenvalue weighted by Crippen LogP contribution is 2.25. The highest BCUT2D eigenvalue weighted by molar-refractivity contribution is 6.30. The highest BCUT2D eigenvalue weighted by Gasteiger charge is 2.22. The Kier molecular flexibility index (Phi) is 4.67. The number of halogens is 1. The quantitative estimate of drug-likeness (QED) is 0.365. The minimum absolute atomic E-state index is 0.0207. The van der Waals surface area contributed by atoms with Gasteiger partial charge in [0.25, 0.3) is 5.69 Å². The number of methoxy groups -OCH3 is 1. The normalized spacial score (nSPS) is 12.0. The van der Waals surface area contributed by atoms with E-state index < -0.39 is 16.3 Å².